The van der Waals surface area contributed by atoms with Crippen molar-refractivity contribution in [3.8, 4) is 0 Å². The summed E-state index contributed by atoms with van der Waals surface area (Å²) in [4.78, 5) is 10.7. The van der Waals surface area contributed by atoms with Gasteiger partial charge in [0.1, 0.15) is 0 Å². The number of unbranched alkanes of at least 4 members (excludes halogenated alkanes) is 3. The first-order valence-electron chi connectivity index (χ1n) is 9.68. The van der Waals surface area contributed by atoms with Crippen molar-refractivity contribution >= 4 is 24.0 Å². The van der Waals surface area contributed by atoms with E-state index >= 15 is 0 Å². The monoisotopic (exact) mass is 418 g/mol. The average Bonchev–Trinajstić information content (AvgIpc) is 2.66. The molecule has 27 heavy (non-hydrogen) atoms. The van der Waals surface area contributed by atoms with Gasteiger partial charge >= 0.3 is 5.97 Å². The Kier molecular flexibility index (Phi) is 14.5. The Hall–Kier alpha value is -0.970. The Morgan fingerprint density at radius 1 is 1.00 bits per heavy atom. The summed E-state index contributed by atoms with van der Waals surface area (Å²) < 4.78 is 34.5. The van der Waals surface area contributed by atoms with E-state index in [0.29, 0.717) is 7.92 Å². The van der Waals surface area contributed by atoms with E-state index in [4.69, 9.17) is 4.55 Å². The maximum atomic E-state index is 11.0. The molecule has 0 bridgehead atoms. The molecule has 0 saturated carbocycles. The van der Waals surface area contributed by atoms with Crippen molar-refractivity contribution in [1.82, 2.24) is 0 Å². The van der Waals surface area contributed by atoms with E-state index in [1.165, 1.54) is 63.8 Å². The molecule has 0 amide bonds. The van der Waals surface area contributed by atoms with Crippen LogP contribution < -0.4 is 0 Å². The van der Waals surface area contributed by atoms with Gasteiger partial charge in [-0.1, -0.05) is 46.1 Å². The summed E-state index contributed by atoms with van der Waals surface area (Å²) in [6.07, 6.45) is 13.2. The number of methoxy groups -OCH3 is 1. The molecule has 0 saturated heterocycles. The molecule has 0 unspecified atom stereocenters. The molecule has 1 rings (SSSR count). The first-order chi connectivity index (χ1) is 12.8. The van der Waals surface area contributed by atoms with Gasteiger partial charge in [-0.15, -0.1) is 7.92 Å². The number of hydrogen-bond acceptors (Lipinski definition) is 4. The summed E-state index contributed by atoms with van der Waals surface area (Å²) in [6.45, 7) is 6.94. The second-order valence-electron chi connectivity index (χ2n) is 6.40. The van der Waals surface area contributed by atoms with Crippen LogP contribution in [0.3, 0.4) is 0 Å². The van der Waals surface area contributed by atoms with Crippen LogP contribution in [0.4, 0.5) is 0 Å². The van der Waals surface area contributed by atoms with Crippen molar-refractivity contribution in [3.05, 3.63) is 29.8 Å². The molecule has 156 valence electrons. The highest BCUT2D eigenvalue weighted by atomic mass is 32.2. The molecule has 0 aliphatic rings. The highest BCUT2D eigenvalue weighted by molar-refractivity contribution is 7.85. The van der Waals surface area contributed by atoms with E-state index < -0.39 is 16.1 Å². The topological polar surface area (TPSA) is 80.7 Å². The number of carbonyl (C=O) groups excluding carboxylic acids is 1. The smallest absolute Gasteiger partial charge is 0.337 e. The molecule has 0 aliphatic carbocycles. The number of rotatable bonds is 11. The zero-order valence-corrected chi connectivity index (χ0v) is 18.8. The first-order valence-corrected chi connectivity index (χ1v) is 13.0. The van der Waals surface area contributed by atoms with Crippen LogP contribution in [0.5, 0.6) is 0 Å². The predicted molar refractivity (Wildman–Crippen MR) is 114 cm³/mol. The van der Waals surface area contributed by atoms with E-state index in [2.05, 4.69) is 25.5 Å². The molecular formula is C20H35O5PS. The highest BCUT2D eigenvalue weighted by Gasteiger charge is 2.12. The second-order valence-corrected chi connectivity index (χ2v) is 10.5. The molecule has 7 heteroatoms. The number of hydrogen-bond donors (Lipinski definition) is 1. The van der Waals surface area contributed by atoms with Crippen molar-refractivity contribution in [2.24, 2.45) is 0 Å². The molecule has 0 aliphatic heterocycles. The van der Waals surface area contributed by atoms with Crippen LogP contribution in [0, 0.1) is 0 Å². The van der Waals surface area contributed by atoms with Crippen LogP contribution in [0.25, 0.3) is 0 Å². The standard InChI is InChI=1S/C12H27P.C8H8O5S/c1-4-7-10-13(11-8-5-2)12-9-6-3;1-13-8(9)6-3-2-4-7(5-6)14(10,11)12/h4-12H2,1-3H3;2-5H,1H3,(H,10,11,12). The zero-order chi connectivity index (χ0) is 20.7. The summed E-state index contributed by atoms with van der Waals surface area (Å²) in [5.74, 6) is -0.657. The molecule has 1 aromatic carbocycles. The quantitative estimate of drug-likeness (QED) is 0.288. The summed E-state index contributed by atoms with van der Waals surface area (Å²) in [5.41, 5.74) is 0.0719. The Bertz CT molecular complexity index is 612. The molecule has 1 N–H and O–H groups in total. The molecule has 1 aromatic rings. The van der Waals surface area contributed by atoms with E-state index in [1.54, 1.807) is 18.5 Å². The maximum absolute atomic E-state index is 11.0. The van der Waals surface area contributed by atoms with E-state index in [9.17, 15) is 13.2 Å². The lowest BCUT2D eigenvalue weighted by Crippen LogP contribution is -2.04. The van der Waals surface area contributed by atoms with Crippen LogP contribution in [0.2, 0.25) is 0 Å². The van der Waals surface area contributed by atoms with Crippen molar-refractivity contribution in [2.45, 2.75) is 64.2 Å². The Morgan fingerprint density at radius 3 is 1.85 bits per heavy atom. The molecule has 0 radical (unpaired) electrons. The van der Waals surface area contributed by atoms with Gasteiger partial charge in [-0.25, -0.2) is 4.79 Å². The fourth-order valence-electron chi connectivity index (χ4n) is 2.38. The molecule has 0 fully saturated rings. The van der Waals surface area contributed by atoms with Crippen LogP contribution in [-0.2, 0) is 14.9 Å². The molecule has 5 nitrogen and oxygen atoms in total. The SMILES string of the molecule is CCCCP(CCCC)CCCC.COC(=O)c1cccc(S(=O)(=O)O)c1. The van der Waals surface area contributed by atoms with Crippen molar-refractivity contribution in [1.29, 1.82) is 0 Å². The van der Waals surface area contributed by atoms with E-state index in [-0.39, 0.29) is 10.5 Å². The van der Waals surface area contributed by atoms with Gasteiger partial charge in [0.25, 0.3) is 10.1 Å². The van der Waals surface area contributed by atoms with Crippen LogP contribution in [-0.4, -0.2) is 44.5 Å². The summed E-state index contributed by atoms with van der Waals surface area (Å²) >= 11 is 0. The Labute approximate surface area is 166 Å². The molecule has 0 heterocycles. The summed E-state index contributed by atoms with van der Waals surface area (Å²) in [6, 6.07) is 4.96. The van der Waals surface area contributed by atoms with Gasteiger partial charge in [0, 0.05) is 0 Å². The lowest BCUT2D eigenvalue weighted by atomic mass is 10.2. The lowest BCUT2D eigenvalue weighted by molar-refractivity contribution is 0.0600. The van der Waals surface area contributed by atoms with Gasteiger partial charge in [-0.2, -0.15) is 8.42 Å². The number of esters is 1. The number of carbonyl (C=O) groups is 1. The predicted octanol–water partition coefficient (Wildman–Crippen LogP) is 5.59. The van der Waals surface area contributed by atoms with Crippen LogP contribution >= 0.6 is 7.92 Å². The maximum Gasteiger partial charge on any atom is 0.337 e. The Balaban J connectivity index is 0.000000503. The van der Waals surface area contributed by atoms with Crippen molar-refractivity contribution in [3.63, 3.8) is 0 Å². The van der Waals surface area contributed by atoms with Gasteiger partial charge in [-0.05, 0) is 55.9 Å². The zero-order valence-electron chi connectivity index (χ0n) is 17.1. The van der Waals surface area contributed by atoms with Gasteiger partial charge in [0.05, 0.1) is 17.6 Å². The molecule has 0 atom stereocenters. The number of benzene rings is 1. The van der Waals surface area contributed by atoms with Crippen LogP contribution in [0.1, 0.15) is 69.7 Å². The fourth-order valence-corrected chi connectivity index (χ4v) is 5.87. The normalized spacial score (nSPS) is 11.0. The molecule has 0 aromatic heterocycles. The highest BCUT2D eigenvalue weighted by Crippen LogP contribution is 2.38. The third-order valence-electron chi connectivity index (χ3n) is 4.04. The molecular weight excluding hydrogens is 383 g/mol. The largest absolute Gasteiger partial charge is 0.465 e. The number of ether oxygens (including phenoxy) is 1. The minimum absolute atomic E-state index is 0.0719. The lowest BCUT2D eigenvalue weighted by Gasteiger charge is -2.16. The van der Waals surface area contributed by atoms with Crippen LogP contribution in [0.15, 0.2) is 29.2 Å². The van der Waals surface area contributed by atoms with Gasteiger partial charge < -0.3 is 4.74 Å². The first kappa shape index (κ1) is 26.0. The minimum Gasteiger partial charge on any atom is -0.465 e. The van der Waals surface area contributed by atoms with Gasteiger partial charge in [0.2, 0.25) is 0 Å². The average molecular weight is 419 g/mol. The minimum atomic E-state index is -4.27. The summed E-state index contributed by atoms with van der Waals surface area (Å²) in [5, 5.41) is 0. The van der Waals surface area contributed by atoms with Crippen molar-refractivity contribution < 1.29 is 22.5 Å². The van der Waals surface area contributed by atoms with Gasteiger partial charge in [-0.3, -0.25) is 4.55 Å². The fraction of sp³-hybridized carbons (Fsp3) is 0.650. The Morgan fingerprint density at radius 2 is 1.48 bits per heavy atom. The van der Waals surface area contributed by atoms with E-state index in [0.717, 1.165) is 6.07 Å². The van der Waals surface area contributed by atoms with Crippen molar-refractivity contribution in [2.75, 3.05) is 25.6 Å². The molecule has 0 spiro atoms. The second kappa shape index (κ2) is 15.0. The third kappa shape index (κ3) is 12.2. The third-order valence-corrected chi connectivity index (χ3v) is 7.73. The summed E-state index contributed by atoms with van der Waals surface area (Å²) in [7, 11) is -2.67. The van der Waals surface area contributed by atoms with Gasteiger partial charge in [0.15, 0.2) is 0 Å². The van der Waals surface area contributed by atoms with E-state index in [1.807, 2.05) is 0 Å².